The summed E-state index contributed by atoms with van der Waals surface area (Å²) in [5, 5.41) is 13.1. The van der Waals surface area contributed by atoms with Crippen LogP contribution in [0.25, 0.3) is 0 Å². The second-order valence-electron chi connectivity index (χ2n) is 5.23. The van der Waals surface area contributed by atoms with E-state index in [0.717, 1.165) is 11.3 Å². The largest absolute Gasteiger partial charge is 0.480 e. The van der Waals surface area contributed by atoms with E-state index in [9.17, 15) is 13.2 Å². The number of sulfone groups is 1. The highest BCUT2D eigenvalue weighted by Gasteiger charge is 2.33. The molecule has 1 N–H and O–H groups in total. The summed E-state index contributed by atoms with van der Waals surface area (Å²) in [6.07, 6.45) is 2.20. The second kappa shape index (κ2) is 5.53. The van der Waals surface area contributed by atoms with Gasteiger partial charge in [-0.25, -0.2) is 8.42 Å². The van der Waals surface area contributed by atoms with Crippen molar-refractivity contribution in [1.29, 1.82) is 0 Å². The molecule has 0 aliphatic carbocycles. The first-order valence-electron chi connectivity index (χ1n) is 6.42. The van der Waals surface area contributed by atoms with Gasteiger partial charge < -0.3 is 5.11 Å². The predicted octanol–water partition coefficient (Wildman–Crippen LogP) is -0.198. The molecule has 2 heterocycles. The lowest BCUT2D eigenvalue weighted by Crippen LogP contribution is -2.39. The Balaban J connectivity index is 2.16. The van der Waals surface area contributed by atoms with Crippen LogP contribution in [-0.4, -0.2) is 58.3 Å². The number of aryl methyl sites for hydroxylation is 1. The second-order valence-corrected chi connectivity index (χ2v) is 7.46. The minimum Gasteiger partial charge on any atom is -0.480 e. The summed E-state index contributed by atoms with van der Waals surface area (Å²) < 4.78 is 24.9. The fraction of sp³-hybridized carbons (Fsp3) is 0.667. The van der Waals surface area contributed by atoms with Crippen LogP contribution in [-0.2, 0) is 28.2 Å². The molecular formula is C12H19N3O4S. The molecule has 0 bridgehead atoms. The number of carboxylic acids is 1. The Morgan fingerprint density at radius 1 is 1.60 bits per heavy atom. The van der Waals surface area contributed by atoms with E-state index in [0.29, 0.717) is 13.0 Å². The number of aliphatic carboxylic acids is 1. The lowest BCUT2D eigenvalue weighted by Gasteiger charge is -2.26. The van der Waals surface area contributed by atoms with Crippen molar-refractivity contribution >= 4 is 15.8 Å². The molecule has 1 aliphatic heterocycles. The summed E-state index contributed by atoms with van der Waals surface area (Å²) in [4.78, 5) is 12.7. The van der Waals surface area contributed by atoms with Crippen molar-refractivity contribution in [1.82, 2.24) is 14.7 Å². The molecule has 0 aromatic carbocycles. The molecule has 1 unspecified atom stereocenters. The van der Waals surface area contributed by atoms with Crippen LogP contribution in [0.3, 0.4) is 0 Å². The van der Waals surface area contributed by atoms with Gasteiger partial charge in [0.1, 0.15) is 0 Å². The van der Waals surface area contributed by atoms with E-state index in [2.05, 4.69) is 5.10 Å². The van der Waals surface area contributed by atoms with Crippen molar-refractivity contribution in [3.8, 4) is 0 Å². The van der Waals surface area contributed by atoms with Gasteiger partial charge in [-0.2, -0.15) is 5.10 Å². The quantitative estimate of drug-likeness (QED) is 0.810. The Hall–Kier alpha value is -1.41. The van der Waals surface area contributed by atoms with Gasteiger partial charge in [0, 0.05) is 30.9 Å². The number of hydrogen-bond donors (Lipinski definition) is 1. The molecule has 7 nitrogen and oxygen atoms in total. The zero-order valence-corrected chi connectivity index (χ0v) is 12.4. The monoisotopic (exact) mass is 301 g/mol. The van der Waals surface area contributed by atoms with Crippen molar-refractivity contribution in [2.45, 2.75) is 25.9 Å². The van der Waals surface area contributed by atoms with Crippen LogP contribution in [0.15, 0.2) is 6.20 Å². The van der Waals surface area contributed by atoms with Gasteiger partial charge in [-0.15, -0.1) is 0 Å². The Labute approximate surface area is 118 Å². The SMILES string of the molecule is Cc1c(CN(CC(=O)O)C2CCS(=O)(=O)C2)cnn1C. The molecule has 2 rings (SSSR count). The number of carboxylic acid groups (broad SMARTS) is 1. The van der Waals surface area contributed by atoms with Gasteiger partial charge in [-0.3, -0.25) is 14.4 Å². The normalized spacial score (nSPS) is 21.4. The first-order chi connectivity index (χ1) is 9.28. The summed E-state index contributed by atoms with van der Waals surface area (Å²) in [5.41, 5.74) is 1.89. The Morgan fingerprint density at radius 2 is 2.30 bits per heavy atom. The zero-order chi connectivity index (χ0) is 14.9. The maximum Gasteiger partial charge on any atom is 0.317 e. The molecule has 8 heteroatoms. The molecule has 0 amide bonds. The van der Waals surface area contributed by atoms with Gasteiger partial charge in [-0.05, 0) is 13.3 Å². The van der Waals surface area contributed by atoms with E-state index in [4.69, 9.17) is 5.11 Å². The number of rotatable bonds is 5. The van der Waals surface area contributed by atoms with Crippen LogP contribution in [0.5, 0.6) is 0 Å². The minimum atomic E-state index is -3.03. The highest BCUT2D eigenvalue weighted by molar-refractivity contribution is 7.91. The summed E-state index contributed by atoms with van der Waals surface area (Å²) in [7, 11) is -1.21. The van der Waals surface area contributed by atoms with Crippen LogP contribution in [0.2, 0.25) is 0 Å². The van der Waals surface area contributed by atoms with E-state index >= 15 is 0 Å². The van der Waals surface area contributed by atoms with Crippen molar-refractivity contribution in [3.63, 3.8) is 0 Å². The lowest BCUT2D eigenvalue weighted by molar-refractivity contribution is -0.139. The maximum atomic E-state index is 11.6. The average Bonchev–Trinajstić information content (AvgIpc) is 2.84. The average molecular weight is 301 g/mol. The lowest BCUT2D eigenvalue weighted by atomic mass is 10.1. The zero-order valence-electron chi connectivity index (χ0n) is 11.6. The third kappa shape index (κ3) is 3.37. The smallest absolute Gasteiger partial charge is 0.317 e. The summed E-state index contributed by atoms with van der Waals surface area (Å²) in [6, 6.07) is -0.226. The Morgan fingerprint density at radius 3 is 2.75 bits per heavy atom. The van der Waals surface area contributed by atoms with Gasteiger partial charge in [-0.1, -0.05) is 0 Å². The third-order valence-electron chi connectivity index (χ3n) is 3.77. The van der Waals surface area contributed by atoms with Gasteiger partial charge >= 0.3 is 5.97 Å². The molecule has 1 saturated heterocycles. The number of aromatic nitrogens is 2. The molecule has 112 valence electrons. The molecule has 1 aromatic heterocycles. The van der Waals surface area contributed by atoms with Crippen molar-refractivity contribution in [2.75, 3.05) is 18.1 Å². The Bertz CT molecular complexity index is 608. The molecule has 1 atom stereocenters. The molecular weight excluding hydrogens is 282 g/mol. The molecule has 0 radical (unpaired) electrons. The molecule has 0 spiro atoms. The minimum absolute atomic E-state index is 0.0413. The van der Waals surface area contributed by atoms with Gasteiger partial charge in [0.25, 0.3) is 0 Å². The predicted molar refractivity (Wildman–Crippen MR) is 73.0 cm³/mol. The fourth-order valence-corrected chi connectivity index (χ4v) is 4.23. The Kier molecular flexibility index (Phi) is 4.14. The van der Waals surface area contributed by atoms with Crippen LogP contribution < -0.4 is 0 Å². The van der Waals surface area contributed by atoms with Crippen molar-refractivity contribution in [3.05, 3.63) is 17.5 Å². The summed E-state index contributed by atoms with van der Waals surface area (Å²) in [6.45, 7) is 2.16. The van der Waals surface area contributed by atoms with Crippen molar-refractivity contribution in [2.24, 2.45) is 7.05 Å². The van der Waals surface area contributed by atoms with E-state index in [-0.39, 0.29) is 24.1 Å². The molecule has 20 heavy (non-hydrogen) atoms. The topological polar surface area (TPSA) is 92.5 Å². The molecule has 0 saturated carbocycles. The van der Waals surface area contributed by atoms with Gasteiger partial charge in [0.15, 0.2) is 9.84 Å². The van der Waals surface area contributed by atoms with Crippen LogP contribution in [0.4, 0.5) is 0 Å². The highest BCUT2D eigenvalue weighted by Crippen LogP contribution is 2.20. The van der Waals surface area contributed by atoms with E-state index in [1.807, 2.05) is 14.0 Å². The summed E-state index contributed by atoms with van der Waals surface area (Å²) in [5.74, 6) is -0.768. The van der Waals surface area contributed by atoms with Crippen molar-refractivity contribution < 1.29 is 18.3 Å². The maximum absolute atomic E-state index is 11.6. The van der Waals surface area contributed by atoms with Gasteiger partial charge in [0.2, 0.25) is 0 Å². The summed E-state index contributed by atoms with van der Waals surface area (Å²) >= 11 is 0. The number of hydrogen-bond acceptors (Lipinski definition) is 5. The highest BCUT2D eigenvalue weighted by atomic mass is 32.2. The third-order valence-corrected chi connectivity index (χ3v) is 5.52. The fourth-order valence-electron chi connectivity index (χ4n) is 2.47. The van der Waals surface area contributed by atoms with Crippen LogP contribution >= 0.6 is 0 Å². The first-order valence-corrected chi connectivity index (χ1v) is 8.24. The first kappa shape index (κ1) is 15.0. The molecule has 1 fully saturated rings. The number of carbonyl (C=O) groups is 1. The van der Waals surface area contributed by atoms with Crippen LogP contribution in [0, 0.1) is 6.92 Å². The van der Waals surface area contributed by atoms with E-state index in [1.54, 1.807) is 15.8 Å². The molecule has 1 aliphatic rings. The number of nitrogens with zero attached hydrogens (tertiary/aromatic N) is 3. The van der Waals surface area contributed by atoms with Gasteiger partial charge in [0.05, 0.1) is 24.2 Å². The molecule has 1 aromatic rings. The van der Waals surface area contributed by atoms with Crippen LogP contribution in [0.1, 0.15) is 17.7 Å². The standard InChI is InChI=1S/C12H19N3O4S/c1-9-10(5-13-14(9)2)6-15(7-12(16)17)11-3-4-20(18,19)8-11/h5,11H,3-4,6-8H2,1-2H3,(H,16,17). The van der Waals surface area contributed by atoms with E-state index in [1.165, 1.54) is 0 Å². The van der Waals surface area contributed by atoms with E-state index < -0.39 is 15.8 Å².